The number of nitrogens with zero attached hydrogens (tertiary/aromatic N) is 1. The maximum Gasteiger partial charge on any atom is 0.225 e. The molecule has 1 aromatic rings. The second kappa shape index (κ2) is 8.15. The van der Waals surface area contributed by atoms with Crippen molar-refractivity contribution in [3.8, 4) is 0 Å². The fourth-order valence-corrected chi connectivity index (χ4v) is 3.73. The number of carbonyl (C=O) groups excluding carboxylic acids is 1. The molecule has 0 aliphatic carbocycles. The van der Waals surface area contributed by atoms with E-state index in [2.05, 4.69) is 5.32 Å². The normalized spacial score (nSPS) is 13.2. The maximum atomic E-state index is 12.0. The van der Waals surface area contributed by atoms with E-state index in [0.29, 0.717) is 22.2 Å². The second-order valence-electron chi connectivity index (χ2n) is 5.09. The van der Waals surface area contributed by atoms with E-state index < -0.39 is 10.0 Å². The van der Waals surface area contributed by atoms with Crippen molar-refractivity contribution in [2.45, 2.75) is 32.7 Å². The van der Waals surface area contributed by atoms with Crippen molar-refractivity contribution in [1.82, 2.24) is 4.31 Å². The van der Waals surface area contributed by atoms with Gasteiger partial charge in [-0.15, -0.1) is 0 Å². The van der Waals surface area contributed by atoms with Gasteiger partial charge in [-0.25, -0.2) is 8.42 Å². The molecule has 0 aliphatic rings. The van der Waals surface area contributed by atoms with Gasteiger partial charge in [-0.1, -0.05) is 30.1 Å². The summed E-state index contributed by atoms with van der Waals surface area (Å²) in [5.74, 6) is -0.296. The zero-order valence-electron chi connectivity index (χ0n) is 12.8. The lowest BCUT2D eigenvalue weighted by atomic mass is 10.2. The highest BCUT2D eigenvalue weighted by Crippen LogP contribution is 2.22. The summed E-state index contributed by atoms with van der Waals surface area (Å²) < 4.78 is 24.8. The average Bonchev–Trinajstić information content (AvgIpc) is 2.35. The Morgan fingerprint density at radius 1 is 1.27 bits per heavy atom. The van der Waals surface area contributed by atoms with Gasteiger partial charge in [0.1, 0.15) is 0 Å². The Balaban J connectivity index is 2.68. The summed E-state index contributed by atoms with van der Waals surface area (Å²) in [6.45, 7) is 3.85. The highest BCUT2D eigenvalue weighted by molar-refractivity contribution is 7.88. The van der Waals surface area contributed by atoms with Crippen LogP contribution in [0.5, 0.6) is 0 Å². The van der Waals surface area contributed by atoms with Crippen LogP contribution in [-0.2, 0) is 14.8 Å². The molecule has 124 valence electrons. The largest absolute Gasteiger partial charge is 0.326 e. The Kier molecular flexibility index (Phi) is 7.12. The number of amides is 1. The molecule has 1 aromatic carbocycles. The van der Waals surface area contributed by atoms with Crippen LogP contribution < -0.4 is 5.32 Å². The predicted molar refractivity (Wildman–Crippen MR) is 91.0 cm³/mol. The first-order valence-corrected chi connectivity index (χ1v) is 9.46. The average molecular weight is 367 g/mol. The molecule has 0 radical (unpaired) electrons. The molecule has 1 unspecified atom stereocenters. The Morgan fingerprint density at radius 3 is 2.27 bits per heavy atom. The third kappa shape index (κ3) is 6.12. The van der Waals surface area contributed by atoms with Gasteiger partial charge < -0.3 is 5.32 Å². The van der Waals surface area contributed by atoms with E-state index in [1.165, 1.54) is 4.31 Å². The molecule has 0 saturated heterocycles. The van der Waals surface area contributed by atoms with Crippen LogP contribution in [0.25, 0.3) is 0 Å². The molecule has 0 aromatic heterocycles. The lowest BCUT2D eigenvalue weighted by molar-refractivity contribution is -0.116. The van der Waals surface area contributed by atoms with Crippen molar-refractivity contribution >= 4 is 44.8 Å². The van der Waals surface area contributed by atoms with Gasteiger partial charge in [-0.05, 0) is 31.5 Å². The summed E-state index contributed by atoms with van der Waals surface area (Å²) in [6, 6.07) is 4.57. The van der Waals surface area contributed by atoms with Crippen molar-refractivity contribution in [1.29, 1.82) is 0 Å². The molecule has 1 atom stereocenters. The van der Waals surface area contributed by atoms with Crippen molar-refractivity contribution in [2.75, 3.05) is 18.1 Å². The highest BCUT2D eigenvalue weighted by atomic mass is 35.5. The van der Waals surface area contributed by atoms with Crippen LogP contribution in [-0.4, -0.2) is 37.5 Å². The van der Waals surface area contributed by atoms with Crippen LogP contribution in [0.3, 0.4) is 0 Å². The van der Waals surface area contributed by atoms with Crippen molar-refractivity contribution < 1.29 is 13.2 Å². The first-order chi connectivity index (χ1) is 10.1. The highest BCUT2D eigenvalue weighted by Gasteiger charge is 2.22. The van der Waals surface area contributed by atoms with Crippen molar-refractivity contribution in [3.63, 3.8) is 0 Å². The molecule has 5 nitrogen and oxygen atoms in total. The zero-order chi connectivity index (χ0) is 16.9. The summed E-state index contributed by atoms with van der Waals surface area (Å²) in [5, 5.41) is 3.49. The van der Waals surface area contributed by atoms with Gasteiger partial charge >= 0.3 is 0 Å². The molecule has 0 heterocycles. The number of sulfonamides is 1. The predicted octanol–water partition coefficient (Wildman–Crippen LogP) is 3.38. The minimum atomic E-state index is -3.35. The van der Waals surface area contributed by atoms with E-state index in [1.807, 2.05) is 13.8 Å². The van der Waals surface area contributed by atoms with Crippen molar-refractivity contribution in [2.24, 2.45) is 0 Å². The number of rotatable bonds is 7. The fourth-order valence-electron chi connectivity index (χ4n) is 1.98. The van der Waals surface area contributed by atoms with Gasteiger partial charge in [0.05, 0.1) is 6.26 Å². The molecule has 22 heavy (non-hydrogen) atoms. The summed E-state index contributed by atoms with van der Waals surface area (Å²) in [5.41, 5.74) is 0.483. The van der Waals surface area contributed by atoms with Crippen LogP contribution in [0.15, 0.2) is 18.2 Å². The smallest absolute Gasteiger partial charge is 0.225 e. The molecule has 0 aliphatic heterocycles. The fraction of sp³-hybridized carbons (Fsp3) is 0.500. The first-order valence-electron chi connectivity index (χ1n) is 6.86. The van der Waals surface area contributed by atoms with Gasteiger partial charge in [0.25, 0.3) is 0 Å². The van der Waals surface area contributed by atoms with E-state index in [1.54, 1.807) is 18.2 Å². The molecule has 8 heteroatoms. The van der Waals surface area contributed by atoms with Crippen LogP contribution in [0.1, 0.15) is 26.7 Å². The third-order valence-corrected chi connectivity index (χ3v) is 5.04. The van der Waals surface area contributed by atoms with E-state index in [-0.39, 0.29) is 24.9 Å². The van der Waals surface area contributed by atoms with Crippen LogP contribution in [0.4, 0.5) is 5.69 Å². The minimum Gasteiger partial charge on any atom is -0.326 e. The summed E-state index contributed by atoms with van der Waals surface area (Å²) in [4.78, 5) is 12.0. The Morgan fingerprint density at radius 2 is 1.82 bits per heavy atom. The monoisotopic (exact) mass is 366 g/mol. The Hall–Kier alpha value is -0.820. The number of anilines is 1. The molecular formula is C14H20Cl2N2O3S. The number of carbonyl (C=O) groups is 1. The molecule has 0 saturated carbocycles. The number of nitrogens with one attached hydrogen (secondary N) is 1. The van der Waals surface area contributed by atoms with Crippen LogP contribution >= 0.6 is 23.2 Å². The van der Waals surface area contributed by atoms with Crippen LogP contribution in [0, 0.1) is 0 Å². The SMILES string of the molecule is CCC(C)N(CCC(=O)Nc1cc(Cl)cc(Cl)c1)S(C)(=O)=O. The second-order valence-corrected chi connectivity index (χ2v) is 7.90. The molecule has 0 spiro atoms. The number of hydrogen-bond acceptors (Lipinski definition) is 3. The Bertz CT molecular complexity index is 615. The molecular weight excluding hydrogens is 347 g/mol. The summed E-state index contributed by atoms with van der Waals surface area (Å²) in [6.07, 6.45) is 1.88. The minimum absolute atomic E-state index is 0.0571. The molecule has 0 fully saturated rings. The summed E-state index contributed by atoms with van der Waals surface area (Å²) in [7, 11) is -3.35. The van der Waals surface area contributed by atoms with Crippen LogP contribution in [0.2, 0.25) is 10.0 Å². The van der Waals surface area contributed by atoms with Gasteiger partial charge in [0, 0.05) is 34.7 Å². The van der Waals surface area contributed by atoms with E-state index in [4.69, 9.17) is 23.2 Å². The molecule has 1 rings (SSSR count). The van der Waals surface area contributed by atoms with Gasteiger partial charge in [-0.3, -0.25) is 4.79 Å². The molecule has 0 bridgehead atoms. The lowest BCUT2D eigenvalue weighted by Crippen LogP contribution is -2.39. The van der Waals surface area contributed by atoms with Gasteiger partial charge in [0.2, 0.25) is 15.9 Å². The zero-order valence-corrected chi connectivity index (χ0v) is 15.1. The van der Waals surface area contributed by atoms with Gasteiger partial charge in [-0.2, -0.15) is 4.31 Å². The van der Waals surface area contributed by atoms with Gasteiger partial charge in [0.15, 0.2) is 0 Å². The van der Waals surface area contributed by atoms with E-state index in [9.17, 15) is 13.2 Å². The Labute approximate surface area is 141 Å². The molecule has 1 N–H and O–H groups in total. The van der Waals surface area contributed by atoms with Crippen molar-refractivity contribution in [3.05, 3.63) is 28.2 Å². The van der Waals surface area contributed by atoms with E-state index in [0.717, 1.165) is 6.26 Å². The summed E-state index contributed by atoms with van der Waals surface area (Å²) >= 11 is 11.7. The standard InChI is InChI=1S/C14H20Cl2N2O3S/c1-4-10(2)18(22(3,20)21)6-5-14(19)17-13-8-11(15)7-12(16)9-13/h7-10H,4-6H2,1-3H3,(H,17,19). The number of halogens is 2. The topological polar surface area (TPSA) is 66.5 Å². The van der Waals surface area contributed by atoms with E-state index >= 15 is 0 Å². The number of hydrogen-bond donors (Lipinski definition) is 1. The quantitative estimate of drug-likeness (QED) is 0.803. The first kappa shape index (κ1) is 19.2. The lowest BCUT2D eigenvalue weighted by Gasteiger charge is -2.25. The third-order valence-electron chi connectivity index (χ3n) is 3.21. The molecule has 1 amide bonds. The maximum absolute atomic E-state index is 12.0. The number of benzene rings is 1.